The summed E-state index contributed by atoms with van der Waals surface area (Å²) in [5.74, 6) is 0.413. The number of hydrogen-bond acceptors (Lipinski definition) is 3. The van der Waals surface area contributed by atoms with Gasteiger partial charge in [-0.2, -0.15) is 5.10 Å². The molecule has 0 aromatic carbocycles. The lowest BCUT2D eigenvalue weighted by Crippen LogP contribution is -2.36. The number of carbonyl (C=O) groups excluding carboxylic acids is 1. The smallest absolute Gasteiger partial charge is 0.315 e. The van der Waals surface area contributed by atoms with E-state index in [2.05, 4.69) is 22.7 Å². The highest BCUT2D eigenvalue weighted by Gasteiger charge is 2.22. The summed E-state index contributed by atoms with van der Waals surface area (Å²) in [6.07, 6.45) is 9.00. The van der Waals surface area contributed by atoms with Gasteiger partial charge in [-0.15, -0.1) is 0 Å². The molecule has 23 heavy (non-hydrogen) atoms. The van der Waals surface area contributed by atoms with Crippen molar-refractivity contribution in [2.24, 2.45) is 13.0 Å². The summed E-state index contributed by atoms with van der Waals surface area (Å²) < 4.78 is 1.78. The Morgan fingerprint density at radius 1 is 1.39 bits per heavy atom. The van der Waals surface area contributed by atoms with Crippen LogP contribution in [0.3, 0.4) is 0 Å². The molecule has 6 heteroatoms. The number of aryl methyl sites for hydroxylation is 2. The van der Waals surface area contributed by atoms with Gasteiger partial charge < -0.3 is 15.7 Å². The number of aliphatic hydroxyl groups excluding tert-OH is 1. The van der Waals surface area contributed by atoms with Crippen molar-refractivity contribution in [3.63, 3.8) is 0 Å². The van der Waals surface area contributed by atoms with Crippen LogP contribution < -0.4 is 10.6 Å². The average Bonchev–Trinajstić information content (AvgIpc) is 2.91. The quantitative estimate of drug-likeness (QED) is 0.673. The number of rotatable bonds is 7. The average molecular weight is 322 g/mol. The second kappa shape index (κ2) is 8.91. The van der Waals surface area contributed by atoms with E-state index in [1.165, 1.54) is 6.42 Å². The Balaban J connectivity index is 1.61. The van der Waals surface area contributed by atoms with E-state index in [4.69, 9.17) is 0 Å². The second-order valence-electron chi connectivity index (χ2n) is 6.49. The van der Waals surface area contributed by atoms with E-state index in [1.807, 2.05) is 13.2 Å². The molecule has 1 aliphatic carbocycles. The minimum absolute atomic E-state index is 0.139. The summed E-state index contributed by atoms with van der Waals surface area (Å²) >= 11 is 0. The van der Waals surface area contributed by atoms with Gasteiger partial charge in [0.15, 0.2) is 0 Å². The SMILES string of the molecule is CCc1nn(C)cc1CNC(=O)NCCCC1CCCCC1O. The van der Waals surface area contributed by atoms with Crippen LogP contribution in [0.4, 0.5) is 4.79 Å². The molecule has 0 radical (unpaired) electrons. The Bertz CT molecular complexity index is 501. The fourth-order valence-electron chi connectivity index (χ4n) is 3.36. The van der Waals surface area contributed by atoms with E-state index in [-0.39, 0.29) is 12.1 Å². The highest BCUT2D eigenvalue weighted by atomic mass is 16.3. The maximum atomic E-state index is 11.8. The third-order valence-corrected chi connectivity index (χ3v) is 4.67. The summed E-state index contributed by atoms with van der Waals surface area (Å²) in [5, 5.41) is 20.1. The van der Waals surface area contributed by atoms with Crippen molar-refractivity contribution in [2.45, 2.75) is 64.5 Å². The van der Waals surface area contributed by atoms with E-state index in [0.717, 1.165) is 49.8 Å². The molecule has 1 aromatic rings. The molecule has 1 fully saturated rings. The zero-order valence-corrected chi connectivity index (χ0v) is 14.3. The molecule has 130 valence electrons. The molecule has 0 bridgehead atoms. The first kappa shape index (κ1) is 17.8. The summed E-state index contributed by atoms with van der Waals surface area (Å²) in [4.78, 5) is 11.8. The van der Waals surface area contributed by atoms with Gasteiger partial charge >= 0.3 is 6.03 Å². The first-order valence-electron chi connectivity index (χ1n) is 8.81. The van der Waals surface area contributed by atoms with Gasteiger partial charge in [-0.25, -0.2) is 4.79 Å². The second-order valence-corrected chi connectivity index (χ2v) is 6.49. The largest absolute Gasteiger partial charge is 0.393 e. The normalized spacial score (nSPS) is 21.2. The molecule has 2 unspecified atom stereocenters. The van der Waals surface area contributed by atoms with Crippen molar-refractivity contribution in [2.75, 3.05) is 6.54 Å². The Hall–Kier alpha value is -1.56. The van der Waals surface area contributed by atoms with Crippen molar-refractivity contribution in [1.29, 1.82) is 0 Å². The predicted octanol–water partition coefficient (Wildman–Crippen LogP) is 2.11. The summed E-state index contributed by atoms with van der Waals surface area (Å²) in [7, 11) is 1.89. The number of urea groups is 1. The van der Waals surface area contributed by atoms with Crippen molar-refractivity contribution < 1.29 is 9.90 Å². The van der Waals surface area contributed by atoms with Crippen molar-refractivity contribution in [3.8, 4) is 0 Å². The third-order valence-electron chi connectivity index (χ3n) is 4.67. The molecular formula is C17H30N4O2. The van der Waals surface area contributed by atoms with Crippen LogP contribution in [0.15, 0.2) is 6.20 Å². The minimum Gasteiger partial charge on any atom is -0.393 e. The van der Waals surface area contributed by atoms with E-state index in [9.17, 15) is 9.90 Å². The lowest BCUT2D eigenvalue weighted by atomic mass is 9.83. The van der Waals surface area contributed by atoms with Crippen LogP contribution in [0.2, 0.25) is 0 Å². The van der Waals surface area contributed by atoms with Crippen LogP contribution >= 0.6 is 0 Å². The molecule has 2 rings (SSSR count). The first-order valence-corrected chi connectivity index (χ1v) is 8.81. The van der Waals surface area contributed by atoms with Crippen molar-refractivity contribution in [3.05, 3.63) is 17.5 Å². The molecule has 1 saturated carbocycles. The van der Waals surface area contributed by atoms with Crippen molar-refractivity contribution >= 4 is 6.03 Å². The van der Waals surface area contributed by atoms with Gasteiger partial charge in [0.05, 0.1) is 11.8 Å². The monoisotopic (exact) mass is 322 g/mol. The van der Waals surface area contributed by atoms with E-state index in [0.29, 0.717) is 19.0 Å². The van der Waals surface area contributed by atoms with Gasteiger partial charge in [0.2, 0.25) is 0 Å². The fourth-order valence-corrected chi connectivity index (χ4v) is 3.36. The van der Waals surface area contributed by atoms with E-state index in [1.54, 1.807) is 4.68 Å². The topological polar surface area (TPSA) is 79.2 Å². The maximum absolute atomic E-state index is 11.8. The van der Waals surface area contributed by atoms with Gasteiger partial charge in [-0.1, -0.05) is 19.8 Å². The molecule has 0 saturated heterocycles. The predicted molar refractivity (Wildman–Crippen MR) is 90.0 cm³/mol. The maximum Gasteiger partial charge on any atom is 0.315 e. The van der Waals surface area contributed by atoms with Crippen LogP contribution in [0, 0.1) is 5.92 Å². The number of nitrogens with one attached hydrogen (secondary N) is 2. The molecule has 6 nitrogen and oxygen atoms in total. The zero-order valence-electron chi connectivity index (χ0n) is 14.3. The molecular weight excluding hydrogens is 292 g/mol. The van der Waals surface area contributed by atoms with Gasteiger partial charge in [0.1, 0.15) is 0 Å². The number of nitrogens with zero attached hydrogens (tertiary/aromatic N) is 2. The molecule has 0 aliphatic heterocycles. The van der Waals surface area contributed by atoms with Gasteiger partial charge in [0, 0.05) is 31.9 Å². The Morgan fingerprint density at radius 3 is 2.91 bits per heavy atom. The summed E-state index contributed by atoms with van der Waals surface area (Å²) in [5.41, 5.74) is 2.09. The lowest BCUT2D eigenvalue weighted by Gasteiger charge is -2.27. The van der Waals surface area contributed by atoms with E-state index < -0.39 is 0 Å². The number of carbonyl (C=O) groups is 1. The number of aromatic nitrogens is 2. The molecule has 2 atom stereocenters. The standard InChI is InChI=1S/C17H30N4O2/c1-3-15-14(12-21(2)20-15)11-19-17(23)18-10-6-8-13-7-4-5-9-16(13)22/h12-13,16,22H,3-11H2,1-2H3,(H2,18,19,23). The van der Waals surface area contributed by atoms with Crippen LogP contribution in [-0.4, -0.2) is 33.6 Å². The third kappa shape index (κ3) is 5.53. The van der Waals surface area contributed by atoms with Crippen LogP contribution in [0.1, 0.15) is 56.7 Å². The molecule has 1 aromatic heterocycles. The first-order chi connectivity index (χ1) is 11.1. The summed E-state index contributed by atoms with van der Waals surface area (Å²) in [6.45, 7) is 3.22. The Morgan fingerprint density at radius 2 is 2.17 bits per heavy atom. The zero-order chi connectivity index (χ0) is 16.7. The minimum atomic E-state index is -0.143. The van der Waals surface area contributed by atoms with Gasteiger partial charge in [-0.05, 0) is 38.0 Å². The summed E-state index contributed by atoms with van der Waals surface area (Å²) in [6, 6.07) is -0.139. The molecule has 3 N–H and O–H groups in total. The number of amides is 2. The number of aliphatic hydroxyl groups is 1. The van der Waals surface area contributed by atoms with Crippen molar-refractivity contribution in [1.82, 2.24) is 20.4 Å². The molecule has 1 aliphatic rings. The molecule has 1 heterocycles. The lowest BCUT2D eigenvalue weighted by molar-refractivity contribution is 0.0644. The number of hydrogen-bond donors (Lipinski definition) is 3. The van der Waals surface area contributed by atoms with Crippen LogP contribution in [0.5, 0.6) is 0 Å². The van der Waals surface area contributed by atoms with Crippen LogP contribution in [-0.2, 0) is 20.0 Å². The molecule has 0 spiro atoms. The Kier molecular flexibility index (Phi) is 6.89. The van der Waals surface area contributed by atoms with E-state index >= 15 is 0 Å². The Labute approximate surface area is 138 Å². The molecule has 2 amide bonds. The fraction of sp³-hybridized carbons (Fsp3) is 0.765. The van der Waals surface area contributed by atoms with Gasteiger partial charge in [0.25, 0.3) is 0 Å². The van der Waals surface area contributed by atoms with Crippen LogP contribution in [0.25, 0.3) is 0 Å². The highest BCUT2D eigenvalue weighted by molar-refractivity contribution is 5.73. The highest BCUT2D eigenvalue weighted by Crippen LogP contribution is 2.27. The van der Waals surface area contributed by atoms with Gasteiger partial charge in [-0.3, -0.25) is 4.68 Å².